The van der Waals surface area contributed by atoms with Gasteiger partial charge in [0.1, 0.15) is 0 Å². The molecule has 0 nitrogen and oxygen atoms in total. The van der Waals surface area contributed by atoms with E-state index >= 15 is 0 Å². The number of fused-ring (bicyclic) bond motifs is 1. The summed E-state index contributed by atoms with van der Waals surface area (Å²) in [5, 5.41) is 0. The summed E-state index contributed by atoms with van der Waals surface area (Å²) in [6.45, 7) is 8.08. The number of hydrogen-bond acceptors (Lipinski definition) is 0. The smallest absolute Gasteiger partial charge is 0.00545 e. The van der Waals surface area contributed by atoms with E-state index in [1.54, 1.807) is 0 Å². The van der Waals surface area contributed by atoms with E-state index in [0.29, 0.717) is 0 Å². The second-order valence-electron chi connectivity index (χ2n) is 4.34. The molecule has 0 aromatic heterocycles. The molecule has 0 heterocycles. The first-order chi connectivity index (χ1) is 8.27. The van der Waals surface area contributed by atoms with Crippen LogP contribution in [0.3, 0.4) is 0 Å². The first kappa shape index (κ1) is 11.7. The lowest BCUT2D eigenvalue weighted by molar-refractivity contribution is 1.20. The normalized spacial score (nSPS) is 17.6. The molecule has 0 radical (unpaired) electrons. The maximum atomic E-state index is 3.80. The molecule has 0 saturated carbocycles. The number of benzene rings is 1. The second kappa shape index (κ2) is 5.01. The third-order valence-corrected chi connectivity index (χ3v) is 3.13. The van der Waals surface area contributed by atoms with Crippen molar-refractivity contribution < 1.29 is 0 Å². The van der Waals surface area contributed by atoms with Crippen LogP contribution in [0.5, 0.6) is 0 Å². The number of hydrogen-bond donors (Lipinski definition) is 0. The van der Waals surface area contributed by atoms with Gasteiger partial charge in [-0.25, -0.2) is 0 Å². The molecule has 0 saturated heterocycles. The highest BCUT2D eigenvalue weighted by molar-refractivity contribution is 5.90. The monoisotopic (exact) mass is 222 g/mol. The molecule has 0 bridgehead atoms. The van der Waals surface area contributed by atoms with Gasteiger partial charge in [-0.05, 0) is 42.5 Å². The van der Waals surface area contributed by atoms with Crippen molar-refractivity contribution in [2.75, 3.05) is 0 Å². The molecule has 2 rings (SSSR count). The standard InChI is InChI=1S/C17H18/c1-4-8-14-12-13(3)15(9-5-2)17-11-7-6-10-16(14)17/h4-11H,1,12H2,2-3H3/b9-5-,14-8+. The van der Waals surface area contributed by atoms with Gasteiger partial charge < -0.3 is 0 Å². The third kappa shape index (κ3) is 2.16. The van der Waals surface area contributed by atoms with Crippen molar-refractivity contribution in [3.05, 3.63) is 71.8 Å². The highest BCUT2D eigenvalue weighted by Gasteiger charge is 2.17. The Kier molecular flexibility index (Phi) is 3.43. The largest absolute Gasteiger partial charge is 0.0991 e. The molecule has 0 N–H and O–H groups in total. The van der Waals surface area contributed by atoms with Crippen LogP contribution in [0.4, 0.5) is 0 Å². The fourth-order valence-electron chi connectivity index (χ4n) is 2.39. The van der Waals surface area contributed by atoms with Gasteiger partial charge in [0.05, 0.1) is 0 Å². The Morgan fingerprint density at radius 1 is 1.18 bits per heavy atom. The summed E-state index contributed by atoms with van der Waals surface area (Å²) < 4.78 is 0. The van der Waals surface area contributed by atoms with E-state index in [2.05, 4.69) is 62.9 Å². The molecule has 86 valence electrons. The topological polar surface area (TPSA) is 0 Å². The van der Waals surface area contributed by atoms with Crippen molar-refractivity contribution in [3.8, 4) is 0 Å². The molecule has 1 aliphatic rings. The molecule has 0 fully saturated rings. The molecule has 17 heavy (non-hydrogen) atoms. The van der Waals surface area contributed by atoms with Crippen LogP contribution in [0.1, 0.15) is 31.4 Å². The SMILES string of the molecule is C=C/C=C1\CC(C)=C(/C=C\C)c2ccccc21. The Labute approximate surface area is 104 Å². The predicted molar refractivity (Wildman–Crippen MR) is 76.6 cm³/mol. The van der Waals surface area contributed by atoms with Crippen LogP contribution in [0.25, 0.3) is 11.1 Å². The maximum absolute atomic E-state index is 3.80. The predicted octanol–water partition coefficient (Wildman–Crippen LogP) is 5.01. The van der Waals surface area contributed by atoms with Crippen LogP contribution in [0.2, 0.25) is 0 Å². The minimum absolute atomic E-state index is 1.02. The van der Waals surface area contributed by atoms with Crippen LogP contribution < -0.4 is 0 Å². The van der Waals surface area contributed by atoms with Crippen molar-refractivity contribution >= 4 is 11.1 Å². The highest BCUT2D eigenvalue weighted by Crippen LogP contribution is 2.38. The average Bonchev–Trinajstić information content (AvgIpc) is 2.34. The number of rotatable bonds is 2. The molecule has 0 amide bonds. The fraction of sp³-hybridized carbons (Fsp3) is 0.176. The zero-order chi connectivity index (χ0) is 12.3. The maximum Gasteiger partial charge on any atom is -0.00545 e. The summed E-state index contributed by atoms with van der Waals surface area (Å²) in [6.07, 6.45) is 9.33. The molecule has 1 aliphatic carbocycles. The Hall–Kier alpha value is -1.82. The minimum Gasteiger partial charge on any atom is -0.0991 e. The van der Waals surface area contributed by atoms with Gasteiger partial charge in [0.25, 0.3) is 0 Å². The van der Waals surface area contributed by atoms with Gasteiger partial charge in [0.15, 0.2) is 0 Å². The number of allylic oxidation sites excluding steroid dienone is 7. The van der Waals surface area contributed by atoms with E-state index in [0.717, 1.165) is 6.42 Å². The lowest BCUT2D eigenvalue weighted by Gasteiger charge is -2.22. The van der Waals surface area contributed by atoms with Crippen LogP contribution in [0, 0.1) is 0 Å². The van der Waals surface area contributed by atoms with Gasteiger partial charge >= 0.3 is 0 Å². The van der Waals surface area contributed by atoms with Crippen LogP contribution in [0.15, 0.2) is 60.7 Å². The highest BCUT2D eigenvalue weighted by atomic mass is 14.2. The third-order valence-electron chi connectivity index (χ3n) is 3.13. The lowest BCUT2D eigenvalue weighted by Crippen LogP contribution is -2.01. The molecule has 0 aliphatic heterocycles. The van der Waals surface area contributed by atoms with Gasteiger partial charge in [-0.3, -0.25) is 0 Å². The Balaban J connectivity index is 2.65. The summed E-state index contributed by atoms with van der Waals surface area (Å²) in [7, 11) is 0. The molecule has 0 spiro atoms. The van der Waals surface area contributed by atoms with Crippen molar-refractivity contribution in [2.24, 2.45) is 0 Å². The van der Waals surface area contributed by atoms with E-state index in [-0.39, 0.29) is 0 Å². The minimum atomic E-state index is 1.02. The summed E-state index contributed by atoms with van der Waals surface area (Å²) in [4.78, 5) is 0. The van der Waals surface area contributed by atoms with E-state index in [1.165, 1.54) is 27.8 Å². The van der Waals surface area contributed by atoms with Gasteiger partial charge in [0, 0.05) is 0 Å². The van der Waals surface area contributed by atoms with Crippen LogP contribution in [-0.2, 0) is 0 Å². The molecule has 1 aromatic carbocycles. The molecular formula is C17H18. The first-order valence-electron chi connectivity index (χ1n) is 6.01. The quantitative estimate of drug-likeness (QED) is 0.660. The Bertz CT molecular complexity index is 525. The summed E-state index contributed by atoms with van der Waals surface area (Å²) >= 11 is 0. The zero-order valence-corrected chi connectivity index (χ0v) is 10.5. The molecule has 0 atom stereocenters. The molecule has 0 unspecified atom stereocenters. The molecular weight excluding hydrogens is 204 g/mol. The molecule has 1 aromatic rings. The second-order valence-corrected chi connectivity index (χ2v) is 4.34. The lowest BCUT2D eigenvalue weighted by atomic mass is 9.82. The summed E-state index contributed by atoms with van der Waals surface area (Å²) in [5.41, 5.74) is 6.83. The Morgan fingerprint density at radius 2 is 1.88 bits per heavy atom. The van der Waals surface area contributed by atoms with Crippen molar-refractivity contribution in [3.63, 3.8) is 0 Å². The molecule has 0 heteroatoms. The van der Waals surface area contributed by atoms with Gasteiger partial charge in [-0.2, -0.15) is 0 Å². The van der Waals surface area contributed by atoms with Gasteiger partial charge in [-0.15, -0.1) is 0 Å². The van der Waals surface area contributed by atoms with Crippen LogP contribution >= 0.6 is 0 Å². The summed E-state index contributed by atoms with van der Waals surface area (Å²) in [5.74, 6) is 0. The van der Waals surface area contributed by atoms with E-state index in [1.807, 2.05) is 6.08 Å². The van der Waals surface area contributed by atoms with Crippen molar-refractivity contribution in [1.29, 1.82) is 0 Å². The Morgan fingerprint density at radius 3 is 2.53 bits per heavy atom. The first-order valence-corrected chi connectivity index (χ1v) is 6.01. The van der Waals surface area contributed by atoms with Gasteiger partial charge in [-0.1, -0.05) is 60.7 Å². The van der Waals surface area contributed by atoms with Crippen LogP contribution in [-0.4, -0.2) is 0 Å². The van der Waals surface area contributed by atoms with Gasteiger partial charge in [0.2, 0.25) is 0 Å². The van der Waals surface area contributed by atoms with Crippen molar-refractivity contribution in [1.82, 2.24) is 0 Å². The zero-order valence-electron chi connectivity index (χ0n) is 10.5. The fourth-order valence-corrected chi connectivity index (χ4v) is 2.39. The summed E-state index contributed by atoms with van der Waals surface area (Å²) in [6, 6.07) is 8.60. The average molecular weight is 222 g/mol. The van der Waals surface area contributed by atoms with E-state index in [9.17, 15) is 0 Å². The van der Waals surface area contributed by atoms with Crippen molar-refractivity contribution in [2.45, 2.75) is 20.3 Å². The van der Waals surface area contributed by atoms with E-state index < -0.39 is 0 Å². The van der Waals surface area contributed by atoms with E-state index in [4.69, 9.17) is 0 Å².